The van der Waals surface area contributed by atoms with E-state index in [1.807, 2.05) is 25.1 Å². The van der Waals surface area contributed by atoms with Gasteiger partial charge in [0.2, 0.25) is 0 Å². The lowest BCUT2D eigenvalue weighted by Crippen LogP contribution is -2.37. The van der Waals surface area contributed by atoms with Gasteiger partial charge in [-0.05, 0) is 49.9 Å². The molecule has 0 aromatic heterocycles. The predicted octanol–water partition coefficient (Wildman–Crippen LogP) is 3.18. The molecule has 1 amide bonds. The average molecular weight is 307 g/mol. The number of nitrogens with one attached hydrogen (secondary N) is 1. The number of amides is 1. The van der Waals surface area contributed by atoms with Crippen LogP contribution in [0.3, 0.4) is 0 Å². The van der Waals surface area contributed by atoms with Gasteiger partial charge in [0.1, 0.15) is 0 Å². The van der Waals surface area contributed by atoms with E-state index in [1.165, 1.54) is 0 Å². The molecule has 0 spiro atoms. The van der Waals surface area contributed by atoms with Crippen LogP contribution in [0.5, 0.6) is 0 Å². The Morgan fingerprint density at radius 3 is 2.94 bits per heavy atom. The third kappa shape index (κ3) is 2.73. The molecule has 0 bridgehead atoms. The van der Waals surface area contributed by atoms with Crippen molar-refractivity contribution in [2.45, 2.75) is 32.2 Å². The van der Waals surface area contributed by atoms with Crippen molar-refractivity contribution in [2.75, 3.05) is 0 Å². The zero-order valence-electron chi connectivity index (χ0n) is 10.2. The molecule has 1 saturated carbocycles. The predicted molar refractivity (Wildman–Crippen MR) is 73.1 cm³/mol. The maximum absolute atomic E-state index is 12.2. The maximum Gasteiger partial charge on any atom is 0.251 e. The zero-order chi connectivity index (χ0) is 13.1. The summed E-state index contributed by atoms with van der Waals surface area (Å²) in [5.74, 6) is -0.114. The Morgan fingerprint density at radius 1 is 1.50 bits per heavy atom. The van der Waals surface area contributed by atoms with Gasteiger partial charge in [-0.3, -0.25) is 4.79 Å². The number of benzene rings is 1. The normalized spacial score (nSPS) is 22.5. The molecule has 2 rings (SSSR count). The van der Waals surface area contributed by atoms with Crippen LogP contribution in [0.25, 0.3) is 0 Å². The number of rotatable bonds is 2. The van der Waals surface area contributed by atoms with Gasteiger partial charge in [-0.2, -0.15) is 5.26 Å². The molecule has 1 aliphatic rings. The lowest BCUT2D eigenvalue weighted by atomic mass is 10.0. The highest BCUT2D eigenvalue weighted by atomic mass is 79.9. The Hall–Kier alpha value is -1.34. The summed E-state index contributed by atoms with van der Waals surface area (Å²) in [6.45, 7) is 1.91. The Kier molecular flexibility index (Phi) is 4.03. The van der Waals surface area contributed by atoms with E-state index in [0.717, 1.165) is 29.3 Å². The highest BCUT2D eigenvalue weighted by Gasteiger charge is 2.28. The molecule has 0 aliphatic heterocycles. The van der Waals surface area contributed by atoms with E-state index in [-0.39, 0.29) is 17.9 Å². The molecule has 1 aliphatic carbocycles. The SMILES string of the molecule is Cc1cc(Br)ccc1C(=O)NC1CCCC1C#N. The largest absolute Gasteiger partial charge is 0.348 e. The van der Waals surface area contributed by atoms with Crippen LogP contribution in [0.4, 0.5) is 0 Å². The van der Waals surface area contributed by atoms with Gasteiger partial charge in [0, 0.05) is 16.1 Å². The Morgan fingerprint density at radius 2 is 2.28 bits per heavy atom. The van der Waals surface area contributed by atoms with Crippen LogP contribution in [0.2, 0.25) is 0 Å². The Labute approximate surface area is 115 Å². The number of nitriles is 1. The minimum Gasteiger partial charge on any atom is -0.348 e. The van der Waals surface area contributed by atoms with Crippen LogP contribution in [0, 0.1) is 24.2 Å². The van der Waals surface area contributed by atoms with E-state index < -0.39 is 0 Å². The van der Waals surface area contributed by atoms with E-state index in [4.69, 9.17) is 5.26 Å². The monoisotopic (exact) mass is 306 g/mol. The summed E-state index contributed by atoms with van der Waals surface area (Å²) in [5.41, 5.74) is 1.62. The highest BCUT2D eigenvalue weighted by molar-refractivity contribution is 9.10. The summed E-state index contributed by atoms with van der Waals surface area (Å²) in [7, 11) is 0. The van der Waals surface area contributed by atoms with Gasteiger partial charge in [-0.1, -0.05) is 15.9 Å². The molecule has 4 heteroatoms. The fourth-order valence-electron chi connectivity index (χ4n) is 2.42. The highest BCUT2D eigenvalue weighted by Crippen LogP contribution is 2.25. The van der Waals surface area contributed by atoms with Crippen molar-refractivity contribution in [3.8, 4) is 6.07 Å². The lowest BCUT2D eigenvalue weighted by molar-refractivity contribution is 0.0932. The van der Waals surface area contributed by atoms with Crippen LogP contribution >= 0.6 is 15.9 Å². The van der Waals surface area contributed by atoms with E-state index in [1.54, 1.807) is 0 Å². The summed E-state index contributed by atoms with van der Waals surface area (Å²) < 4.78 is 0.965. The molecule has 2 atom stereocenters. The molecule has 94 valence electrons. The zero-order valence-corrected chi connectivity index (χ0v) is 11.8. The van der Waals surface area contributed by atoms with Crippen molar-refractivity contribution in [1.82, 2.24) is 5.32 Å². The molecule has 0 radical (unpaired) electrons. The quantitative estimate of drug-likeness (QED) is 0.912. The number of aryl methyl sites for hydroxylation is 1. The lowest BCUT2D eigenvalue weighted by Gasteiger charge is -2.16. The van der Waals surface area contributed by atoms with Gasteiger partial charge in [0.25, 0.3) is 5.91 Å². The molecule has 1 fully saturated rings. The number of carbonyl (C=O) groups is 1. The second-order valence-corrected chi connectivity index (χ2v) is 5.62. The van der Waals surface area contributed by atoms with Gasteiger partial charge < -0.3 is 5.32 Å². The third-order valence-corrected chi connectivity index (χ3v) is 3.92. The smallest absolute Gasteiger partial charge is 0.251 e. The second kappa shape index (κ2) is 5.53. The van der Waals surface area contributed by atoms with Crippen molar-refractivity contribution in [3.05, 3.63) is 33.8 Å². The number of halogens is 1. The summed E-state index contributed by atoms with van der Waals surface area (Å²) >= 11 is 3.38. The van der Waals surface area contributed by atoms with Crippen molar-refractivity contribution in [3.63, 3.8) is 0 Å². The van der Waals surface area contributed by atoms with Crippen LogP contribution in [-0.2, 0) is 0 Å². The van der Waals surface area contributed by atoms with Crippen molar-refractivity contribution in [2.24, 2.45) is 5.92 Å². The number of nitrogens with zero attached hydrogens (tertiary/aromatic N) is 1. The maximum atomic E-state index is 12.2. The van der Waals surface area contributed by atoms with Crippen molar-refractivity contribution >= 4 is 21.8 Å². The number of hydrogen-bond donors (Lipinski definition) is 1. The molecule has 0 heterocycles. The van der Waals surface area contributed by atoms with Gasteiger partial charge in [0.15, 0.2) is 0 Å². The van der Waals surface area contributed by atoms with Crippen LogP contribution in [0.1, 0.15) is 35.2 Å². The standard InChI is InChI=1S/C14H15BrN2O/c1-9-7-11(15)5-6-12(9)14(18)17-13-4-2-3-10(13)8-16/h5-7,10,13H,2-4H2,1H3,(H,17,18). The van der Waals surface area contributed by atoms with Gasteiger partial charge in [-0.25, -0.2) is 0 Å². The van der Waals surface area contributed by atoms with E-state index in [0.29, 0.717) is 5.56 Å². The second-order valence-electron chi connectivity index (χ2n) is 4.71. The minimum absolute atomic E-state index is 0.00514. The molecule has 1 aromatic rings. The first-order chi connectivity index (χ1) is 8.61. The molecule has 1 N–H and O–H groups in total. The Balaban J connectivity index is 2.10. The summed E-state index contributed by atoms with van der Waals surface area (Å²) in [5, 5.41) is 12.0. The molecule has 1 aromatic carbocycles. The van der Waals surface area contributed by atoms with Gasteiger partial charge in [0.05, 0.1) is 12.0 Å². The Bertz CT molecular complexity index is 507. The summed E-state index contributed by atoms with van der Waals surface area (Å²) in [6.07, 6.45) is 2.81. The molecular formula is C14H15BrN2O. The van der Waals surface area contributed by atoms with E-state index in [2.05, 4.69) is 27.3 Å². The average Bonchev–Trinajstić information content (AvgIpc) is 2.76. The number of carbonyl (C=O) groups excluding carboxylic acids is 1. The minimum atomic E-state index is -0.0767. The van der Waals surface area contributed by atoms with E-state index in [9.17, 15) is 4.79 Å². The van der Waals surface area contributed by atoms with Gasteiger partial charge >= 0.3 is 0 Å². The first-order valence-electron chi connectivity index (χ1n) is 6.08. The van der Waals surface area contributed by atoms with Crippen LogP contribution in [-0.4, -0.2) is 11.9 Å². The van der Waals surface area contributed by atoms with Crippen LogP contribution < -0.4 is 5.32 Å². The van der Waals surface area contributed by atoms with Crippen molar-refractivity contribution in [1.29, 1.82) is 5.26 Å². The first kappa shape index (κ1) is 13.1. The molecule has 3 nitrogen and oxygen atoms in total. The molecule has 18 heavy (non-hydrogen) atoms. The molecule has 2 unspecified atom stereocenters. The summed E-state index contributed by atoms with van der Waals surface area (Å²) in [4.78, 5) is 12.2. The summed E-state index contributed by atoms with van der Waals surface area (Å²) in [6, 6.07) is 7.87. The van der Waals surface area contributed by atoms with Crippen LogP contribution in [0.15, 0.2) is 22.7 Å². The fourth-order valence-corrected chi connectivity index (χ4v) is 2.89. The van der Waals surface area contributed by atoms with E-state index >= 15 is 0 Å². The number of hydrogen-bond acceptors (Lipinski definition) is 2. The first-order valence-corrected chi connectivity index (χ1v) is 6.87. The third-order valence-electron chi connectivity index (χ3n) is 3.43. The molecular weight excluding hydrogens is 292 g/mol. The topological polar surface area (TPSA) is 52.9 Å². The fraction of sp³-hybridized carbons (Fsp3) is 0.429. The van der Waals surface area contributed by atoms with Gasteiger partial charge in [-0.15, -0.1) is 0 Å². The van der Waals surface area contributed by atoms with Crippen molar-refractivity contribution < 1.29 is 4.79 Å². The molecule has 0 saturated heterocycles.